The van der Waals surface area contributed by atoms with Gasteiger partial charge in [-0.3, -0.25) is 10.1 Å². The highest BCUT2D eigenvalue weighted by atomic mass is 79.9. The van der Waals surface area contributed by atoms with Crippen LogP contribution in [0.4, 0.5) is 18.9 Å². The highest BCUT2D eigenvalue weighted by Gasteiger charge is 2.33. The van der Waals surface area contributed by atoms with Gasteiger partial charge in [-0.2, -0.15) is 13.2 Å². The van der Waals surface area contributed by atoms with E-state index in [2.05, 4.69) is 21.4 Å². The molecule has 1 N–H and O–H groups in total. The Morgan fingerprint density at radius 1 is 1.12 bits per heavy atom. The molecule has 0 radical (unpaired) electrons. The third-order valence-electron chi connectivity index (χ3n) is 2.14. The normalized spacial score (nSPS) is 11.5. The van der Waals surface area contributed by atoms with Crippen LogP contribution in [0, 0.1) is 0 Å². The Labute approximate surface area is 104 Å². The van der Waals surface area contributed by atoms with E-state index in [9.17, 15) is 13.2 Å². The number of nitrogens with zero attached hydrogens (tertiary/aromatic N) is 1. The number of hydrogen-bond acceptors (Lipinski definition) is 1. The predicted octanol–water partition coefficient (Wildman–Crippen LogP) is 4.14. The van der Waals surface area contributed by atoms with Crippen LogP contribution in [-0.2, 0) is 6.18 Å². The van der Waals surface area contributed by atoms with Crippen LogP contribution in [0.15, 0.2) is 47.2 Å². The molecule has 6 heteroatoms. The van der Waals surface area contributed by atoms with Crippen molar-refractivity contribution in [3.05, 3.63) is 52.8 Å². The van der Waals surface area contributed by atoms with E-state index in [0.717, 1.165) is 6.07 Å². The molecule has 1 aromatic heterocycles. The molecule has 17 heavy (non-hydrogen) atoms. The first-order valence-electron chi connectivity index (χ1n) is 4.73. The molecule has 1 heterocycles. The number of anilines is 1. The summed E-state index contributed by atoms with van der Waals surface area (Å²) in [6.07, 6.45) is -1.13. The quantitative estimate of drug-likeness (QED) is 0.882. The zero-order chi connectivity index (χ0) is 12.5. The van der Waals surface area contributed by atoms with E-state index in [1.54, 1.807) is 24.5 Å². The lowest BCUT2D eigenvalue weighted by Gasteiger charge is -2.15. The molecule has 0 aliphatic rings. The summed E-state index contributed by atoms with van der Waals surface area (Å²) in [6, 6.07) is 7.24. The zero-order valence-corrected chi connectivity index (χ0v) is 10.1. The lowest BCUT2D eigenvalue weighted by Crippen LogP contribution is -2.13. The van der Waals surface area contributed by atoms with Crippen molar-refractivity contribution in [2.75, 3.05) is 5.43 Å². The molecule has 0 fully saturated rings. The lowest BCUT2D eigenvalue weighted by molar-refractivity contribution is -0.137. The average molecular weight is 305 g/mol. The number of nitrogens with one attached hydrogen (secondary N) is 1. The van der Waals surface area contributed by atoms with Gasteiger partial charge in [0.05, 0.1) is 11.3 Å². The fourth-order valence-corrected chi connectivity index (χ4v) is 1.77. The van der Waals surface area contributed by atoms with Crippen LogP contribution in [0.25, 0.3) is 0 Å². The third-order valence-corrected chi connectivity index (χ3v) is 2.63. The SMILES string of the molecule is FC(F)(F)c1ccc(Br)cc1Nn1cccc1. The second kappa shape index (κ2) is 4.44. The molecule has 0 bridgehead atoms. The van der Waals surface area contributed by atoms with Gasteiger partial charge in [0.1, 0.15) is 0 Å². The van der Waals surface area contributed by atoms with E-state index in [1.165, 1.54) is 16.8 Å². The van der Waals surface area contributed by atoms with Crippen molar-refractivity contribution in [2.24, 2.45) is 0 Å². The summed E-state index contributed by atoms with van der Waals surface area (Å²) in [5, 5.41) is 0. The Morgan fingerprint density at radius 2 is 1.76 bits per heavy atom. The van der Waals surface area contributed by atoms with Crippen LogP contribution in [0.2, 0.25) is 0 Å². The highest BCUT2D eigenvalue weighted by Crippen LogP contribution is 2.36. The summed E-state index contributed by atoms with van der Waals surface area (Å²) in [5.41, 5.74) is 1.97. The molecular formula is C11H8BrF3N2. The van der Waals surface area contributed by atoms with Gasteiger partial charge in [0.2, 0.25) is 0 Å². The fraction of sp³-hybridized carbons (Fsp3) is 0.0909. The second-order valence-corrected chi connectivity index (χ2v) is 4.31. The molecule has 0 unspecified atom stereocenters. The van der Waals surface area contributed by atoms with Crippen molar-refractivity contribution in [3.8, 4) is 0 Å². The van der Waals surface area contributed by atoms with Gasteiger partial charge in [-0.15, -0.1) is 0 Å². The molecule has 0 spiro atoms. The molecular weight excluding hydrogens is 297 g/mol. The first-order valence-corrected chi connectivity index (χ1v) is 5.53. The Hall–Kier alpha value is -1.43. The summed E-state index contributed by atoms with van der Waals surface area (Å²) in [5.74, 6) is 0. The minimum atomic E-state index is -4.38. The molecule has 2 rings (SSSR count). The molecule has 0 atom stereocenters. The van der Waals surface area contributed by atoms with E-state index in [0.29, 0.717) is 4.47 Å². The largest absolute Gasteiger partial charge is 0.418 e. The van der Waals surface area contributed by atoms with Crippen LogP contribution < -0.4 is 5.43 Å². The number of aromatic nitrogens is 1. The van der Waals surface area contributed by atoms with Gasteiger partial charge in [0.25, 0.3) is 0 Å². The summed E-state index contributed by atoms with van der Waals surface area (Å²) in [4.78, 5) is 0. The van der Waals surface area contributed by atoms with Crippen LogP contribution >= 0.6 is 15.9 Å². The molecule has 1 aromatic carbocycles. The summed E-state index contributed by atoms with van der Waals surface area (Å²) in [7, 11) is 0. The number of benzene rings is 1. The minimum Gasteiger partial charge on any atom is -0.294 e. The molecule has 90 valence electrons. The van der Waals surface area contributed by atoms with Crippen LogP contribution in [0.5, 0.6) is 0 Å². The van der Waals surface area contributed by atoms with Gasteiger partial charge in [-0.25, -0.2) is 0 Å². The van der Waals surface area contributed by atoms with Crippen molar-refractivity contribution >= 4 is 21.6 Å². The molecule has 0 saturated heterocycles. The van der Waals surface area contributed by atoms with Crippen molar-refractivity contribution in [1.82, 2.24) is 4.68 Å². The molecule has 0 aliphatic heterocycles. The molecule has 2 aromatic rings. The summed E-state index contributed by atoms with van der Waals surface area (Å²) >= 11 is 3.15. The first kappa shape index (κ1) is 12.0. The Balaban J connectivity index is 2.40. The second-order valence-electron chi connectivity index (χ2n) is 3.39. The number of hydrogen-bond donors (Lipinski definition) is 1. The van der Waals surface area contributed by atoms with E-state index < -0.39 is 11.7 Å². The maximum Gasteiger partial charge on any atom is 0.418 e. The van der Waals surface area contributed by atoms with Crippen LogP contribution in [0.1, 0.15) is 5.56 Å². The van der Waals surface area contributed by atoms with Crippen molar-refractivity contribution in [2.45, 2.75) is 6.18 Å². The average Bonchev–Trinajstić information content (AvgIpc) is 2.68. The molecule has 0 aliphatic carbocycles. The number of rotatable bonds is 2. The van der Waals surface area contributed by atoms with Gasteiger partial charge in [-0.1, -0.05) is 15.9 Å². The van der Waals surface area contributed by atoms with E-state index in [-0.39, 0.29) is 5.69 Å². The van der Waals surface area contributed by atoms with Crippen LogP contribution in [0.3, 0.4) is 0 Å². The fourth-order valence-electron chi connectivity index (χ4n) is 1.40. The van der Waals surface area contributed by atoms with Crippen molar-refractivity contribution in [1.29, 1.82) is 0 Å². The van der Waals surface area contributed by atoms with E-state index in [4.69, 9.17) is 0 Å². The summed E-state index contributed by atoms with van der Waals surface area (Å²) in [6.45, 7) is 0. The predicted molar refractivity (Wildman–Crippen MR) is 62.6 cm³/mol. The molecule has 0 saturated carbocycles. The number of halogens is 4. The Kier molecular flexibility index (Phi) is 3.15. The Morgan fingerprint density at radius 3 is 2.35 bits per heavy atom. The van der Waals surface area contributed by atoms with Crippen molar-refractivity contribution in [3.63, 3.8) is 0 Å². The van der Waals surface area contributed by atoms with Gasteiger partial charge < -0.3 is 0 Å². The maximum atomic E-state index is 12.7. The lowest BCUT2D eigenvalue weighted by atomic mass is 10.2. The molecule has 2 nitrogen and oxygen atoms in total. The zero-order valence-electron chi connectivity index (χ0n) is 8.50. The standard InChI is InChI=1S/C11H8BrF3N2/c12-8-3-4-9(11(13,14)15)10(7-8)16-17-5-1-2-6-17/h1-7,16H. The smallest absolute Gasteiger partial charge is 0.294 e. The van der Waals surface area contributed by atoms with E-state index >= 15 is 0 Å². The van der Waals surface area contributed by atoms with Crippen molar-refractivity contribution < 1.29 is 13.2 Å². The maximum absolute atomic E-state index is 12.7. The minimum absolute atomic E-state index is 0.00285. The number of alkyl halides is 3. The van der Waals surface area contributed by atoms with Crippen LogP contribution in [-0.4, -0.2) is 4.68 Å². The summed E-state index contributed by atoms with van der Waals surface area (Å²) < 4.78 is 40.3. The highest BCUT2D eigenvalue weighted by molar-refractivity contribution is 9.10. The first-order chi connectivity index (χ1) is 7.97. The van der Waals surface area contributed by atoms with Gasteiger partial charge >= 0.3 is 6.18 Å². The topological polar surface area (TPSA) is 17.0 Å². The van der Waals surface area contributed by atoms with E-state index in [1.807, 2.05) is 0 Å². The molecule has 0 amide bonds. The van der Waals surface area contributed by atoms with Gasteiger partial charge in [-0.05, 0) is 30.3 Å². The van der Waals surface area contributed by atoms with Gasteiger partial charge in [0.15, 0.2) is 0 Å². The Bertz CT molecular complexity index is 506. The van der Waals surface area contributed by atoms with Gasteiger partial charge in [0, 0.05) is 16.9 Å². The third kappa shape index (κ3) is 2.82. The monoisotopic (exact) mass is 304 g/mol.